The number of carbonyl (C=O) groups is 1. The molecule has 2 aromatic heterocycles. The van der Waals surface area contributed by atoms with Gasteiger partial charge in [-0.2, -0.15) is 0 Å². The molecule has 0 saturated carbocycles. The molecule has 1 amide bonds. The molecule has 0 bridgehead atoms. The van der Waals surface area contributed by atoms with E-state index in [1.54, 1.807) is 9.36 Å². The number of nitrogens with zero attached hydrogens (tertiary/aromatic N) is 4. The summed E-state index contributed by atoms with van der Waals surface area (Å²) < 4.78 is 5.53. The lowest BCUT2D eigenvalue weighted by Crippen LogP contribution is -2.23. The molecule has 4 rings (SSSR count). The van der Waals surface area contributed by atoms with E-state index < -0.39 is 0 Å². The van der Waals surface area contributed by atoms with E-state index in [4.69, 9.17) is 4.98 Å². The monoisotopic (exact) mass is 477 g/mol. The summed E-state index contributed by atoms with van der Waals surface area (Å²) in [7, 11) is 1.81. The number of thioether (sulfide) groups is 1. The Labute approximate surface area is 203 Å². The largest absolute Gasteiger partial charge is 0.319 e. The molecule has 1 N–H and O–H groups in total. The molecule has 4 aromatic rings. The highest BCUT2D eigenvalue weighted by atomic mass is 32.2. The van der Waals surface area contributed by atoms with Crippen molar-refractivity contribution in [3.05, 3.63) is 70.6 Å². The Kier molecular flexibility index (Phi) is 7.57. The Hall–Kier alpha value is -3.26. The number of carbonyl (C=O) groups excluding carboxylic acids is 1. The predicted molar refractivity (Wildman–Crippen MR) is 139 cm³/mol. The van der Waals surface area contributed by atoms with E-state index in [-0.39, 0.29) is 17.2 Å². The summed E-state index contributed by atoms with van der Waals surface area (Å²) >= 11 is 1.41. The minimum atomic E-state index is -0.243. The van der Waals surface area contributed by atoms with E-state index in [0.29, 0.717) is 11.4 Å². The Morgan fingerprint density at radius 3 is 2.53 bits per heavy atom. The lowest BCUT2D eigenvalue weighted by molar-refractivity contribution is -0.113. The van der Waals surface area contributed by atoms with Gasteiger partial charge in [-0.25, -0.2) is 9.67 Å². The first-order valence-corrected chi connectivity index (χ1v) is 12.7. The number of unbranched alkanes of at least 4 members (excludes halogenated alkanes) is 3. The van der Waals surface area contributed by atoms with Gasteiger partial charge >= 0.3 is 0 Å². The molecule has 7 nitrogen and oxygen atoms in total. The SMILES string of the molecule is CCCCCCn1c(SCC(=O)Nc2c(C)n(C)n(-c3ccccc3)c2=O)nc2ccccc21. The topological polar surface area (TPSA) is 73.8 Å². The number of imidazole rings is 1. The van der Waals surface area contributed by atoms with Gasteiger partial charge in [0, 0.05) is 13.6 Å². The van der Waals surface area contributed by atoms with Gasteiger partial charge in [0.1, 0.15) is 5.69 Å². The fourth-order valence-corrected chi connectivity index (χ4v) is 4.93. The van der Waals surface area contributed by atoms with Gasteiger partial charge in [-0.15, -0.1) is 0 Å². The van der Waals surface area contributed by atoms with Crippen LogP contribution in [0.4, 0.5) is 5.69 Å². The number of fused-ring (bicyclic) bond motifs is 1. The van der Waals surface area contributed by atoms with Crippen LogP contribution < -0.4 is 10.9 Å². The number of aryl methyl sites for hydroxylation is 1. The highest BCUT2D eigenvalue weighted by Gasteiger charge is 2.19. The van der Waals surface area contributed by atoms with Crippen LogP contribution in [-0.2, 0) is 18.4 Å². The second-order valence-electron chi connectivity index (χ2n) is 8.37. The zero-order valence-electron chi connectivity index (χ0n) is 20.0. The molecule has 0 atom stereocenters. The van der Waals surface area contributed by atoms with Crippen molar-refractivity contribution >= 4 is 34.4 Å². The zero-order valence-corrected chi connectivity index (χ0v) is 20.8. The van der Waals surface area contributed by atoms with Crippen LogP contribution >= 0.6 is 11.8 Å². The number of para-hydroxylation sites is 3. The van der Waals surface area contributed by atoms with E-state index >= 15 is 0 Å². The van der Waals surface area contributed by atoms with Crippen molar-refractivity contribution in [2.75, 3.05) is 11.1 Å². The van der Waals surface area contributed by atoms with Crippen LogP contribution in [-0.4, -0.2) is 30.6 Å². The van der Waals surface area contributed by atoms with Gasteiger partial charge in [-0.05, 0) is 37.6 Å². The van der Waals surface area contributed by atoms with Crippen molar-refractivity contribution in [3.8, 4) is 5.69 Å². The second-order valence-corrected chi connectivity index (χ2v) is 9.31. The van der Waals surface area contributed by atoms with E-state index in [1.165, 1.54) is 31.0 Å². The molecule has 178 valence electrons. The smallest absolute Gasteiger partial charge is 0.295 e. The number of aromatic nitrogens is 4. The minimum absolute atomic E-state index is 0.178. The fraction of sp³-hybridized carbons (Fsp3) is 0.346. The van der Waals surface area contributed by atoms with Gasteiger partial charge < -0.3 is 9.88 Å². The van der Waals surface area contributed by atoms with Crippen LogP contribution in [0, 0.1) is 6.92 Å². The quantitative estimate of drug-likeness (QED) is 0.253. The predicted octanol–water partition coefficient (Wildman–Crippen LogP) is 5.15. The first-order chi connectivity index (χ1) is 16.5. The number of rotatable bonds is 10. The van der Waals surface area contributed by atoms with Crippen molar-refractivity contribution in [2.24, 2.45) is 7.05 Å². The van der Waals surface area contributed by atoms with Crippen LogP contribution in [0.5, 0.6) is 0 Å². The van der Waals surface area contributed by atoms with Crippen LogP contribution in [0.1, 0.15) is 38.3 Å². The van der Waals surface area contributed by atoms with Gasteiger partial charge in [0.25, 0.3) is 5.56 Å². The normalized spacial score (nSPS) is 11.3. The third-order valence-corrected chi connectivity index (χ3v) is 6.98. The Morgan fingerprint density at radius 1 is 1.03 bits per heavy atom. The van der Waals surface area contributed by atoms with E-state index in [1.807, 2.05) is 62.5 Å². The molecular formula is C26H31N5O2S. The first kappa shape index (κ1) is 23.9. The van der Waals surface area contributed by atoms with Crippen molar-refractivity contribution in [1.29, 1.82) is 0 Å². The van der Waals surface area contributed by atoms with Crippen LogP contribution in [0.15, 0.2) is 64.5 Å². The lowest BCUT2D eigenvalue weighted by Gasteiger charge is -2.09. The van der Waals surface area contributed by atoms with E-state index in [0.717, 1.165) is 34.8 Å². The molecule has 2 heterocycles. The molecule has 0 spiro atoms. The number of hydrogen-bond donors (Lipinski definition) is 1. The minimum Gasteiger partial charge on any atom is -0.319 e. The fourth-order valence-electron chi connectivity index (χ4n) is 4.09. The molecule has 0 radical (unpaired) electrons. The maximum Gasteiger partial charge on any atom is 0.295 e. The number of benzene rings is 2. The molecule has 0 aliphatic rings. The van der Waals surface area contributed by atoms with Crippen molar-refractivity contribution < 1.29 is 4.79 Å². The van der Waals surface area contributed by atoms with Crippen molar-refractivity contribution in [2.45, 2.75) is 51.2 Å². The molecule has 0 aliphatic heterocycles. The van der Waals surface area contributed by atoms with Crippen LogP contribution in [0.2, 0.25) is 0 Å². The molecule has 34 heavy (non-hydrogen) atoms. The van der Waals surface area contributed by atoms with Crippen molar-refractivity contribution in [3.63, 3.8) is 0 Å². The Balaban J connectivity index is 1.49. The molecule has 0 fully saturated rings. The summed E-state index contributed by atoms with van der Waals surface area (Å²) in [5.41, 5.74) is 3.55. The van der Waals surface area contributed by atoms with Crippen LogP contribution in [0.3, 0.4) is 0 Å². The number of anilines is 1. The summed E-state index contributed by atoms with van der Waals surface area (Å²) in [6, 6.07) is 17.5. The summed E-state index contributed by atoms with van der Waals surface area (Å²) in [5.74, 6) is -0.0437. The molecule has 0 saturated heterocycles. The number of nitrogens with one attached hydrogen (secondary N) is 1. The van der Waals surface area contributed by atoms with Gasteiger partial charge in [0.2, 0.25) is 5.91 Å². The summed E-state index contributed by atoms with van der Waals surface area (Å²) in [5, 5.41) is 3.67. The second kappa shape index (κ2) is 10.8. The third-order valence-electron chi connectivity index (χ3n) is 6.01. The molecular weight excluding hydrogens is 446 g/mol. The molecule has 2 aromatic carbocycles. The van der Waals surface area contributed by atoms with Gasteiger partial charge in [0.15, 0.2) is 5.16 Å². The maximum absolute atomic E-state index is 13.1. The zero-order chi connectivity index (χ0) is 24.1. The van der Waals surface area contributed by atoms with E-state index in [9.17, 15) is 9.59 Å². The molecule has 8 heteroatoms. The highest BCUT2D eigenvalue weighted by molar-refractivity contribution is 7.99. The summed E-state index contributed by atoms with van der Waals surface area (Å²) in [6.07, 6.45) is 4.66. The first-order valence-electron chi connectivity index (χ1n) is 11.7. The highest BCUT2D eigenvalue weighted by Crippen LogP contribution is 2.25. The van der Waals surface area contributed by atoms with Crippen molar-refractivity contribution in [1.82, 2.24) is 18.9 Å². The number of hydrogen-bond acceptors (Lipinski definition) is 4. The summed E-state index contributed by atoms with van der Waals surface area (Å²) in [6.45, 7) is 4.92. The van der Waals surface area contributed by atoms with Crippen LogP contribution in [0.25, 0.3) is 16.7 Å². The Morgan fingerprint density at radius 2 is 1.76 bits per heavy atom. The Bertz CT molecular complexity index is 1340. The average Bonchev–Trinajstić information content (AvgIpc) is 3.30. The standard InChI is InChI=1S/C26H31N5O2S/c1-4-5-6-12-17-30-22-16-11-10-15-21(22)27-26(30)34-18-23(32)28-24-19(2)29(3)31(25(24)33)20-13-8-7-9-14-20/h7-11,13-16H,4-6,12,17-18H2,1-3H3,(H,28,32). The maximum atomic E-state index is 13.1. The summed E-state index contributed by atoms with van der Waals surface area (Å²) in [4.78, 5) is 30.7. The third kappa shape index (κ3) is 4.97. The van der Waals surface area contributed by atoms with E-state index in [2.05, 4.69) is 22.9 Å². The van der Waals surface area contributed by atoms with Gasteiger partial charge in [-0.1, -0.05) is 68.3 Å². The number of amides is 1. The van der Waals surface area contributed by atoms with Gasteiger partial charge in [0.05, 0.1) is 28.2 Å². The lowest BCUT2D eigenvalue weighted by atomic mass is 10.2. The molecule has 0 unspecified atom stereocenters. The molecule has 0 aliphatic carbocycles. The van der Waals surface area contributed by atoms with Gasteiger partial charge in [-0.3, -0.25) is 14.3 Å². The average molecular weight is 478 g/mol.